The lowest BCUT2D eigenvalue weighted by molar-refractivity contribution is 0.0555. The number of carbonyl (C=O) groups is 2. The first-order chi connectivity index (χ1) is 14.9. The Morgan fingerprint density at radius 1 is 0.968 bits per heavy atom. The molecule has 1 aliphatic rings. The second-order valence-corrected chi connectivity index (χ2v) is 8.27. The molecule has 1 unspecified atom stereocenters. The molecule has 0 N–H and O–H groups in total. The Morgan fingerprint density at radius 3 is 2.03 bits per heavy atom. The van der Waals surface area contributed by atoms with Crippen molar-refractivity contribution in [3.63, 3.8) is 0 Å². The van der Waals surface area contributed by atoms with Crippen LogP contribution in [-0.4, -0.2) is 61.5 Å². The third-order valence-electron chi connectivity index (χ3n) is 5.82. The van der Waals surface area contributed by atoms with Crippen LogP contribution in [0.3, 0.4) is 0 Å². The van der Waals surface area contributed by atoms with Gasteiger partial charge < -0.3 is 19.3 Å². The number of nitrogens with zero attached hydrogens (tertiary/aromatic N) is 2. The molecule has 1 aliphatic heterocycles. The van der Waals surface area contributed by atoms with Gasteiger partial charge in [-0.2, -0.15) is 0 Å². The minimum atomic E-state index is 0.0104. The maximum absolute atomic E-state index is 13.1. The molecule has 1 fully saturated rings. The van der Waals surface area contributed by atoms with E-state index in [1.165, 1.54) is 0 Å². The molecule has 166 valence electrons. The molecule has 0 bridgehead atoms. The average Bonchev–Trinajstić information content (AvgIpc) is 2.81. The third-order valence-corrected chi connectivity index (χ3v) is 5.82. The minimum Gasteiger partial charge on any atom is -0.497 e. The van der Waals surface area contributed by atoms with Crippen molar-refractivity contribution in [3.8, 4) is 11.5 Å². The van der Waals surface area contributed by atoms with E-state index in [1.807, 2.05) is 47.9 Å². The van der Waals surface area contributed by atoms with Crippen molar-refractivity contribution >= 4 is 11.8 Å². The topological polar surface area (TPSA) is 59.1 Å². The van der Waals surface area contributed by atoms with Gasteiger partial charge in [0.1, 0.15) is 11.5 Å². The van der Waals surface area contributed by atoms with Crippen molar-refractivity contribution in [3.05, 3.63) is 59.7 Å². The van der Waals surface area contributed by atoms with E-state index in [0.29, 0.717) is 24.2 Å². The first-order valence-electron chi connectivity index (χ1n) is 10.8. The number of ether oxygens (including phenoxy) is 2. The molecule has 0 spiro atoms. The van der Waals surface area contributed by atoms with Crippen LogP contribution in [0.15, 0.2) is 48.5 Å². The zero-order valence-electron chi connectivity index (χ0n) is 18.8. The summed E-state index contributed by atoms with van der Waals surface area (Å²) in [6.45, 7) is 6.10. The number of rotatable bonds is 7. The highest BCUT2D eigenvalue weighted by molar-refractivity contribution is 5.95. The van der Waals surface area contributed by atoms with Gasteiger partial charge in [-0.15, -0.1) is 0 Å². The Morgan fingerprint density at radius 2 is 1.52 bits per heavy atom. The van der Waals surface area contributed by atoms with Gasteiger partial charge in [0.2, 0.25) is 0 Å². The smallest absolute Gasteiger partial charge is 0.254 e. The zero-order valence-corrected chi connectivity index (χ0v) is 18.8. The number of hydrogen-bond donors (Lipinski definition) is 0. The molecule has 3 rings (SSSR count). The van der Waals surface area contributed by atoms with Crippen LogP contribution in [-0.2, 0) is 0 Å². The summed E-state index contributed by atoms with van der Waals surface area (Å²) in [5.41, 5.74) is 1.31. The summed E-state index contributed by atoms with van der Waals surface area (Å²) < 4.78 is 10.4. The zero-order chi connectivity index (χ0) is 22.4. The van der Waals surface area contributed by atoms with E-state index in [4.69, 9.17) is 9.47 Å². The third kappa shape index (κ3) is 5.57. The Labute approximate surface area is 184 Å². The van der Waals surface area contributed by atoms with Gasteiger partial charge in [0.05, 0.1) is 14.2 Å². The fourth-order valence-corrected chi connectivity index (χ4v) is 4.02. The van der Waals surface area contributed by atoms with Crippen molar-refractivity contribution in [1.82, 2.24) is 9.80 Å². The minimum absolute atomic E-state index is 0.0104. The molecule has 31 heavy (non-hydrogen) atoms. The summed E-state index contributed by atoms with van der Waals surface area (Å²) in [5, 5.41) is 0. The van der Waals surface area contributed by atoms with E-state index in [1.54, 1.807) is 38.5 Å². The van der Waals surface area contributed by atoms with Crippen molar-refractivity contribution in [2.24, 2.45) is 5.92 Å². The van der Waals surface area contributed by atoms with Gasteiger partial charge in [0.25, 0.3) is 11.8 Å². The molecule has 1 atom stereocenters. The predicted octanol–water partition coefficient (Wildman–Crippen LogP) is 4.11. The fraction of sp³-hybridized carbons (Fsp3) is 0.440. The number of benzene rings is 2. The van der Waals surface area contributed by atoms with Crippen molar-refractivity contribution < 1.29 is 19.1 Å². The SMILES string of the molecule is COc1ccc(C(=O)N2CCCC(CN(C(=O)c3ccc(OC)cc3)C(C)C)C2)cc1. The van der Waals surface area contributed by atoms with Gasteiger partial charge >= 0.3 is 0 Å². The Kier molecular flexibility index (Phi) is 7.55. The van der Waals surface area contributed by atoms with Gasteiger partial charge in [-0.05, 0) is 81.1 Å². The molecule has 6 heteroatoms. The van der Waals surface area contributed by atoms with Crippen molar-refractivity contribution in [2.45, 2.75) is 32.7 Å². The Balaban J connectivity index is 1.67. The molecule has 6 nitrogen and oxygen atoms in total. The molecule has 0 radical (unpaired) electrons. The van der Waals surface area contributed by atoms with E-state index in [9.17, 15) is 9.59 Å². The van der Waals surface area contributed by atoms with E-state index in [-0.39, 0.29) is 23.8 Å². The monoisotopic (exact) mass is 424 g/mol. The number of hydrogen-bond acceptors (Lipinski definition) is 4. The second-order valence-electron chi connectivity index (χ2n) is 8.27. The highest BCUT2D eigenvalue weighted by Crippen LogP contribution is 2.23. The fourth-order valence-electron chi connectivity index (χ4n) is 4.02. The molecular weight excluding hydrogens is 392 g/mol. The van der Waals surface area contributed by atoms with E-state index >= 15 is 0 Å². The molecule has 2 aromatic rings. The number of carbonyl (C=O) groups excluding carboxylic acids is 2. The predicted molar refractivity (Wildman–Crippen MR) is 121 cm³/mol. The van der Waals surface area contributed by atoms with Crippen molar-refractivity contribution in [1.29, 1.82) is 0 Å². The van der Waals surface area contributed by atoms with Crippen LogP contribution >= 0.6 is 0 Å². The maximum atomic E-state index is 13.1. The summed E-state index contributed by atoms with van der Waals surface area (Å²) in [5.74, 6) is 1.76. The largest absolute Gasteiger partial charge is 0.497 e. The molecule has 2 aromatic carbocycles. The van der Waals surface area contributed by atoms with Crippen LogP contribution in [0.2, 0.25) is 0 Å². The Hall–Kier alpha value is -3.02. The lowest BCUT2D eigenvalue weighted by atomic mass is 9.95. The first kappa shape index (κ1) is 22.7. The van der Waals surface area contributed by atoms with Crippen LogP contribution in [0.4, 0.5) is 0 Å². The number of likely N-dealkylation sites (tertiary alicyclic amines) is 1. The van der Waals surface area contributed by atoms with Crippen LogP contribution in [0.1, 0.15) is 47.4 Å². The quantitative estimate of drug-likeness (QED) is 0.671. The van der Waals surface area contributed by atoms with Crippen LogP contribution in [0, 0.1) is 5.92 Å². The normalized spacial score (nSPS) is 16.2. The molecule has 2 amide bonds. The highest BCUT2D eigenvalue weighted by Gasteiger charge is 2.28. The summed E-state index contributed by atoms with van der Waals surface area (Å²) in [6.07, 6.45) is 1.95. The number of methoxy groups -OCH3 is 2. The lowest BCUT2D eigenvalue weighted by Crippen LogP contribution is -2.47. The average molecular weight is 425 g/mol. The van der Waals surface area contributed by atoms with Gasteiger partial charge in [-0.25, -0.2) is 0 Å². The highest BCUT2D eigenvalue weighted by atomic mass is 16.5. The van der Waals surface area contributed by atoms with Crippen LogP contribution < -0.4 is 9.47 Å². The van der Waals surface area contributed by atoms with Crippen LogP contribution in [0.25, 0.3) is 0 Å². The maximum Gasteiger partial charge on any atom is 0.254 e. The van der Waals surface area contributed by atoms with Crippen molar-refractivity contribution in [2.75, 3.05) is 33.9 Å². The van der Waals surface area contributed by atoms with E-state index < -0.39 is 0 Å². The Bertz CT molecular complexity index is 877. The summed E-state index contributed by atoms with van der Waals surface area (Å²) in [4.78, 5) is 29.9. The molecule has 1 heterocycles. The lowest BCUT2D eigenvalue weighted by Gasteiger charge is -2.37. The van der Waals surface area contributed by atoms with E-state index in [2.05, 4.69) is 0 Å². The standard InChI is InChI=1S/C25H32N2O4/c1-18(2)27(25(29)21-9-13-23(31-4)14-10-21)17-19-6-5-15-26(16-19)24(28)20-7-11-22(30-3)12-8-20/h7-14,18-19H,5-6,15-17H2,1-4H3. The van der Waals surface area contributed by atoms with Gasteiger partial charge in [0, 0.05) is 36.8 Å². The summed E-state index contributed by atoms with van der Waals surface area (Å²) in [6, 6.07) is 14.5. The second kappa shape index (κ2) is 10.3. The van der Waals surface area contributed by atoms with Gasteiger partial charge in [0.15, 0.2) is 0 Å². The first-order valence-corrected chi connectivity index (χ1v) is 10.8. The van der Waals surface area contributed by atoms with Crippen LogP contribution in [0.5, 0.6) is 11.5 Å². The molecular formula is C25H32N2O4. The number of piperidine rings is 1. The molecule has 1 saturated heterocycles. The molecule has 0 aromatic heterocycles. The summed E-state index contributed by atoms with van der Waals surface area (Å²) >= 11 is 0. The summed E-state index contributed by atoms with van der Waals surface area (Å²) in [7, 11) is 3.22. The molecule has 0 saturated carbocycles. The van der Waals surface area contributed by atoms with E-state index in [0.717, 1.165) is 30.9 Å². The van der Waals surface area contributed by atoms with Gasteiger partial charge in [-0.3, -0.25) is 9.59 Å². The number of amides is 2. The van der Waals surface area contributed by atoms with Gasteiger partial charge in [-0.1, -0.05) is 0 Å². The molecule has 0 aliphatic carbocycles.